The van der Waals surface area contributed by atoms with Crippen LogP contribution in [0, 0.1) is 0 Å². The number of hydrogen-bond acceptors (Lipinski definition) is 5. The van der Waals surface area contributed by atoms with E-state index in [0.717, 1.165) is 12.8 Å². The summed E-state index contributed by atoms with van der Waals surface area (Å²) >= 11 is 0. The van der Waals surface area contributed by atoms with Crippen molar-refractivity contribution >= 4 is 7.82 Å². The predicted molar refractivity (Wildman–Crippen MR) is 115 cm³/mol. The fraction of sp³-hybridized carbons (Fsp3) is 1.00. The molecule has 170 valence electrons. The van der Waals surface area contributed by atoms with E-state index in [4.69, 9.17) is 9.41 Å². The number of phosphoric ester groups is 1. The maximum atomic E-state index is 11.4. The second-order valence-electron chi connectivity index (χ2n) is 7.97. The standard InChI is InChI=1S/C22H47O5P.Na/c1-4-6-7-8-9-10-11-12-13-14-15-16-17-18-19-20-21-25-27-28(23,24)26-22(3)5-2;/h22H,4-21H2,1-3H3,(H,23,24);/q;+1/p-1. The quantitative estimate of drug-likeness (QED) is 0.0810. The normalized spacial score (nSPS) is 14.3. The first-order chi connectivity index (χ1) is 13.5. The summed E-state index contributed by atoms with van der Waals surface area (Å²) in [5.41, 5.74) is 0. The first-order valence-electron chi connectivity index (χ1n) is 11.8. The number of rotatable bonds is 22. The van der Waals surface area contributed by atoms with Gasteiger partial charge >= 0.3 is 29.6 Å². The molecule has 0 radical (unpaired) electrons. The van der Waals surface area contributed by atoms with Gasteiger partial charge in [0.25, 0.3) is 7.82 Å². The molecule has 0 aromatic carbocycles. The molecule has 0 spiro atoms. The Morgan fingerprint density at radius 1 is 0.724 bits per heavy atom. The molecule has 2 atom stereocenters. The van der Waals surface area contributed by atoms with Crippen molar-refractivity contribution in [3.8, 4) is 0 Å². The van der Waals surface area contributed by atoms with Crippen molar-refractivity contribution in [3.05, 3.63) is 0 Å². The van der Waals surface area contributed by atoms with Crippen molar-refractivity contribution in [3.63, 3.8) is 0 Å². The summed E-state index contributed by atoms with van der Waals surface area (Å²) in [6.07, 6.45) is 21.1. The molecule has 0 aromatic heterocycles. The molecule has 0 heterocycles. The fourth-order valence-corrected chi connectivity index (χ4v) is 3.95. The summed E-state index contributed by atoms with van der Waals surface area (Å²) < 4.78 is 20.6. The minimum atomic E-state index is -4.33. The number of phosphoric acid groups is 1. The Labute approximate surface area is 202 Å². The molecule has 5 nitrogen and oxygen atoms in total. The van der Waals surface area contributed by atoms with Crippen LogP contribution in [0.25, 0.3) is 0 Å². The van der Waals surface area contributed by atoms with Gasteiger partial charge in [0.15, 0.2) is 0 Å². The van der Waals surface area contributed by atoms with Gasteiger partial charge in [-0.2, -0.15) is 4.67 Å². The minimum absolute atomic E-state index is 0. The summed E-state index contributed by atoms with van der Waals surface area (Å²) in [5.74, 6) is 0. The largest absolute Gasteiger partial charge is 1.00 e. The zero-order chi connectivity index (χ0) is 20.9. The van der Waals surface area contributed by atoms with Crippen LogP contribution in [-0.4, -0.2) is 12.7 Å². The van der Waals surface area contributed by atoms with Gasteiger partial charge in [-0.05, 0) is 19.8 Å². The Morgan fingerprint density at radius 2 is 1.10 bits per heavy atom. The number of hydrogen-bond donors (Lipinski definition) is 0. The van der Waals surface area contributed by atoms with E-state index >= 15 is 0 Å². The molecule has 0 aliphatic carbocycles. The molecule has 0 aliphatic rings. The van der Waals surface area contributed by atoms with Gasteiger partial charge < -0.3 is 9.42 Å². The third-order valence-electron chi connectivity index (χ3n) is 5.11. The van der Waals surface area contributed by atoms with Gasteiger partial charge in [0.1, 0.15) is 0 Å². The van der Waals surface area contributed by atoms with Crippen molar-refractivity contribution in [2.75, 3.05) is 6.61 Å². The Balaban J connectivity index is 0. The third-order valence-corrected chi connectivity index (χ3v) is 6.02. The molecule has 0 bridgehead atoms. The molecule has 7 heteroatoms. The maximum Gasteiger partial charge on any atom is 1.00 e. The van der Waals surface area contributed by atoms with Crippen molar-refractivity contribution in [2.45, 2.75) is 136 Å². The Kier molecular flexibility index (Phi) is 26.4. The van der Waals surface area contributed by atoms with Crippen LogP contribution in [0.2, 0.25) is 0 Å². The molecule has 0 rings (SSSR count). The Bertz CT molecular complexity index is 371. The van der Waals surface area contributed by atoms with E-state index in [9.17, 15) is 9.46 Å². The zero-order valence-corrected chi connectivity index (χ0v) is 22.7. The topological polar surface area (TPSA) is 67.8 Å². The molecule has 2 unspecified atom stereocenters. The molecule has 29 heavy (non-hydrogen) atoms. The van der Waals surface area contributed by atoms with Gasteiger partial charge in [-0.1, -0.05) is 110 Å². The minimum Gasteiger partial charge on any atom is -0.754 e. The molecule has 0 amide bonds. The maximum absolute atomic E-state index is 11.4. The van der Waals surface area contributed by atoms with Gasteiger partial charge in [-0.15, -0.1) is 0 Å². The molecule has 0 fully saturated rings. The molecule has 0 aliphatic heterocycles. The van der Waals surface area contributed by atoms with Crippen LogP contribution in [-0.2, 0) is 18.7 Å². The van der Waals surface area contributed by atoms with E-state index < -0.39 is 7.82 Å². The summed E-state index contributed by atoms with van der Waals surface area (Å²) in [6, 6.07) is 0. The summed E-state index contributed by atoms with van der Waals surface area (Å²) in [7, 11) is -4.33. The monoisotopic (exact) mass is 444 g/mol. The van der Waals surface area contributed by atoms with E-state index in [1.165, 1.54) is 89.9 Å². The predicted octanol–water partition coefficient (Wildman–Crippen LogP) is 4.48. The Morgan fingerprint density at radius 3 is 1.48 bits per heavy atom. The van der Waals surface area contributed by atoms with E-state index in [0.29, 0.717) is 6.42 Å². The van der Waals surface area contributed by atoms with Gasteiger partial charge in [0, 0.05) is 0 Å². The van der Waals surface area contributed by atoms with E-state index in [2.05, 4.69) is 11.6 Å². The van der Waals surface area contributed by atoms with Crippen LogP contribution in [0.1, 0.15) is 130 Å². The molecule has 0 saturated carbocycles. The third kappa shape index (κ3) is 25.2. The summed E-state index contributed by atoms with van der Waals surface area (Å²) in [5, 5.41) is 0. The molecule has 0 N–H and O–H groups in total. The van der Waals surface area contributed by atoms with Gasteiger partial charge in [-0.3, -0.25) is 4.57 Å². The number of unbranched alkanes of at least 4 members (excludes halogenated alkanes) is 15. The van der Waals surface area contributed by atoms with Crippen LogP contribution in [0.15, 0.2) is 0 Å². The van der Waals surface area contributed by atoms with Crippen LogP contribution in [0.5, 0.6) is 0 Å². The van der Waals surface area contributed by atoms with Gasteiger partial charge in [0.05, 0.1) is 12.7 Å². The van der Waals surface area contributed by atoms with Gasteiger partial charge in [0.2, 0.25) is 0 Å². The van der Waals surface area contributed by atoms with E-state index in [-0.39, 0.29) is 42.3 Å². The van der Waals surface area contributed by atoms with Crippen molar-refractivity contribution in [1.29, 1.82) is 0 Å². The second kappa shape index (κ2) is 23.7. The second-order valence-corrected chi connectivity index (χ2v) is 9.23. The average Bonchev–Trinajstić information content (AvgIpc) is 2.66. The summed E-state index contributed by atoms with van der Waals surface area (Å²) in [6.45, 7) is 6.09. The summed E-state index contributed by atoms with van der Waals surface area (Å²) in [4.78, 5) is 16.2. The van der Waals surface area contributed by atoms with Crippen molar-refractivity contribution in [2.24, 2.45) is 0 Å². The molecular formula is C22H46NaO5P. The van der Waals surface area contributed by atoms with Crippen LogP contribution in [0.4, 0.5) is 0 Å². The van der Waals surface area contributed by atoms with Crippen LogP contribution < -0.4 is 34.5 Å². The average molecular weight is 445 g/mol. The smallest absolute Gasteiger partial charge is 0.754 e. The zero-order valence-electron chi connectivity index (χ0n) is 19.8. The van der Waals surface area contributed by atoms with Crippen LogP contribution >= 0.6 is 7.82 Å². The van der Waals surface area contributed by atoms with Crippen molar-refractivity contribution < 1.29 is 53.1 Å². The Hall–Kier alpha value is 1.07. The molecule has 0 aromatic rings. The fourth-order valence-electron chi connectivity index (χ4n) is 3.12. The van der Waals surface area contributed by atoms with E-state index in [1.807, 2.05) is 6.92 Å². The molecule has 0 saturated heterocycles. The first kappa shape index (κ1) is 32.3. The van der Waals surface area contributed by atoms with Crippen molar-refractivity contribution in [1.82, 2.24) is 0 Å². The van der Waals surface area contributed by atoms with Crippen LogP contribution in [0.3, 0.4) is 0 Å². The first-order valence-corrected chi connectivity index (χ1v) is 13.3. The van der Waals surface area contributed by atoms with E-state index in [1.54, 1.807) is 6.92 Å². The SMILES string of the molecule is CCCCCCCCCCCCCCCCCCOOP(=O)([O-])OC(C)CC.[Na+]. The van der Waals surface area contributed by atoms with Gasteiger partial charge in [-0.25, -0.2) is 4.89 Å². The molecular weight excluding hydrogens is 398 g/mol.